The molecule has 86 valence electrons. The molecule has 1 aromatic carbocycles. The first-order chi connectivity index (χ1) is 7.36. The molecule has 0 radical (unpaired) electrons. The van der Waals surface area contributed by atoms with Crippen LogP contribution in [0.3, 0.4) is 0 Å². The van der Waals surface area contributed by atoms with Gasteiger partial charge in [0.15, 0.2) is 0 Å². The summed E-state index contributed by atoms with van der Waals surface area (Å²) < 4.78 is 50.5. The van der Waals surface area contributed by atoms with E-state index < -0.39 is 28.8 Å². The summed E-state index contributed by atoms with van der Waals surface area (Å²) in [7, 11) is 0. The smallest absolute Gasteiger partial charge is 0.396 e. The van der Waals surface area contributed by atoms with Gasteiger partial charge in [-0.1, -0.05) is 11.8 Å². The number of nitrogen functional groups attached to an aromatic ring is 1. The van der Waals surface area contributed by atoms with E-state index in [4.69, 9.17) is 11.5 Å². The van der Waals surface area contributed by atoms with Gasteiger partial charge in [0, 0.05) is 5.56 Å². The molecule has 0 saturated heterocycles. The van der Waals surface area contributed by atoms with E-state index in [1.807, 2.05) is 0 Å². The first kappa shape index (κ1) is 12.3. The fraction of sp³-hybridized carbons (Fsp3) is 0.200. The van der Waals surface area contributed by atoms with E-state index in [1.54, 1.807) is 0 Å². The highest BCUT2D eigenvalue weighted by Crippen LogP contribution is 2.33. The van der Waals surface area contributed by atoms with Crippen LogP contribution in [0.25, 0.3) is 0 Å². The molecule has 0 aliphatic rings. The van der Waals surface area contributed by atoms with Crippen molar-refractivity contribution >= 4 is 5.69 Å². The molecule has 1 aromatic rings. The molecule has 0 aliphatic carbocycles. The number of halogens is 4. The Labute approximate surface area is 89.2 Å². The Morgan fingerprint density at radius 3 is 2.38 bits per heavy atom. The van der Waals surface area contributed by atoms with E-state index in [9.17, 15) is 17.6 Å². The molecule has 16 heavy (non-hydrogen) atoms. The van der Waals surface area contributed by atoms with Crippen molar-refractivity contribution in [3.63, 3.8) is 0 Å². The summed E-state index contributed by atoms with van der Waals surface area (Å²) in [5.41, 5.74) is 8.00. The number of rotatable bonds is 0. The van der Waals surface area contributed by atoms with Gasteiger partial charge in [-0.2, -0.15) is 13.2 Å². The van der Waals surface area contributed by atoms with Gasteiger partial charge in [-0.15, -0.1) is 0 Å². The van der Waals surface area contributed by atoms with Crippen LogP contribution >= 0.6 is 0 Å². The van der Waals surface area contributed by atoms with Crippen molar-refractivity contribution < 1.29 is 17.6 Å². The van der Waals surface area contributed by atoms with Crippen LogP contribution in [-0.4, -0.2) is 6.54 Å². The van der Waals surface area contributed by atoms with Crippen LogP contribution < -0.4 is 11.5 Å². The summed E-state index contributed by atoms with van der Waals surface area (Å²) in [6.07, 6.45) is -4.62. The van der Waals surface area contributed by atoms with Crippen molar-refractivity contribution in [1.82, 2.24) is 0 Å². The normalized spacial score (nSPS) is 10.8. The van der Waals surface area contributed by atoms with Crippen LogP contribution in [0.2, 0.25) is 0 Å². The second-order valence-electron chi connectivity index (χ2n) is 2.92. The molecule has 0 spiro atoms. The van der Waals surface area contributed by atoms with E-state index in [0.717, 1.165) is 0 Å². The minimum atomic E-state index is -4.62. The van der Waals surface area contributed by atoms with Crippen LogP contribution in [-0.2, 0) is 6.18 Å². The number of benzene rings is 1. The third-order valence-corrected chi connectivity index (χ3v) is 1.77. The molecule has 0 unspecified atom stereocenters. The van der Waals surface area contributed by atoms with Crippen molar-refractivity contribution in [2.45, 2.75) is 6.18 Å². The number of nitrogens with two attached hydrogens (primary N) is 2. The Morgan fingerprint density at radius 2 is 1.88 bits per heavy atom. The average Bonchev–Trinajstić information content (AvgIpc) is 2.17. The van der Waals surface area contributed by atoms with E-state index in [-0.39, 0.29) is 6.54 Å². The van der Waals surface area contributed by atoms with Crippen molar-refractivity contribution in [3.05, 3.63) is 29.1 Å². The SMILES string of the molecule is NCC#Cc1cc(F)c(N)cc1C(F)(F)F. The predicted octanol–water partition coefficient (Wildman–Crippen LogP) is 1.74. The highest BCUT2D eigenvalue weighted by Gasteiger charge is 2.33. The topological polar surface area (TPSA) is 52.0 Å². The summed E-state index contributed by atoms with van der Waals surface area (Å²) in [5.74, 6) is 3.46. The molecule has 6 heteroatoms. The first-order valence-electron chi connectivity index (χ1n) is 4.21. The minimum Gasteiger partial charge on any atom is -0.396 e. The summed E-state index contributed by atoms with van der Waals surface area (Å²) in [6.45, 7) is -0.108. The number of anilines is 1. The summed E-state index contributed by atoms with van der Waals surface area (Å²) >= 11 is 0. The molecule has 1 rings (SSSR count). The lowest BCUT2D eigenvalue weighted by molar-refractivity contribution is -0.137. The van der Waals surface area contributed by atoms with Crippen LogP contribution in [0, 0.1) is 17.7 Å². The molecular formula is C10H8F4N2. The van der Waals surface area contributed by atoms with E-state index in [2.05, 4.69) is 11.8 Å². The van der Waals surface area contributed by atoms with Gasteiger partial charge in [-0.3, -0.25) is 0 Å². The van der Waals surface area contributed by atoms with Gasteiger partial charge in [0.05, 0.1) is 17.8 Å². The standard InChI is InChI=1S/C10H8F4N2/c11-8-4-6(2-1-3-15)7(5-9(8)16)10(12,13)14/h4-5H,3,15-16H2. The zero-order valence-electron chi connectivity index (χ0n) is 8.03. The number of hydrogen-bond acceptors (Lipinski definition) is 2. The molecule has 0 fully saturated rings. The predicted molar refractivity (Wildman–Crippen MR) is 51.7 cm³/mol. The summed E-state index contributed by atoms with van der Waals surface area (Å²) in [6, 6.07) is 1.18. The fourth-order valence-corrected chi connectivity index (χ4v) is 1.07. The highest BCUT2D eigenvalue weighted by molar-refractivity contribution is 5.53. The van der Waals surface area contributed by atoms with Gasteiger partial charge in [-0.05, 0) is 12.1 Å². The lowest BCUT2D eigenvalue weighted by Gasteiger charge is -2.10. The van der Waals surface area contributed by atoms with Crippen LogP contribution in [0.5, 0.6) is 0 Å². The van der Waals surface area contributed by atoms with Crippen LogP contribution in [0.15, 0.2) is 12.1 Å². The number of hydrogen-bond donors (Lipinski definition) is 2. The molecule has 0 aliphatic heterocycles. The van der Waals surface area contributed by atoms with E-state index in [0.29, 0.717) is 12.1 Å². The second-order valence-corrected chi connectivity index (χ2v) is 2.92. The lowest BCUT2D eigenvalue weighted by atomic mass is 10.1. The summed E-state index contributed by atoms with van der Waals surface area (Å²) in [4.78, 5) is 0. The van der Waals surface area contributed by atoms with E-state index in [1.165, 1.54) is 0 Å². The first-order valence-corrected chi connectivity index (χ1v) is 4.21. The maximum Gasteiger partial charge on any atom is 0.417 e. The van der Waals surface area contributed by atoms with Gasteiger partial charge < -0.3 is 11.5 Å². The average molecular weight is 232 g/mol. The quantitative estimate of drug-likeness (QED) is 0.406. The Bertz CT molecular complexity index is 454. The molecule has 0 heterocycles. The molecule has 4 N–H and O–H groups in total. The second kappa shape index (κ2) is 4.41. The minimum absolute atomic E-state index is 0.108. The van der Waals surface area contributed by atoms with Gasteiger partial charge in [0.1, 0.15) is 5.82 Å². The number of alkyl halides is 3. The monoisotopic (exact) mass is 232 g/mol. The highest BCUT2D eigenvalue weighted by atomic mass is 19.4. The molecule has 0 atom stereocenters. The Hall–Kier alpha value is -1.74. The zero-order valence-corrected chi connectivity index (χ0v) is 8.03. The molecular weight excluding hydrogens is 224 g/mol. The molecule has 0 saturated carbocycles. The molecule has 0 aromatic heterocycles. The molecule has 2 nitrogen and oxygen atoms in total. The third kappa shape index (κ3) is 2.64. The van der Waals surface area contributed by atoms with E-state index >= 15 is 0 Å². The molecule has 0 amide bonds. The van der Waals surface area contributed by atoms with Gasteiger partial charge in [0.25, 0.3) is 0 Å². The van der Waals surface area contributed by atoms with Gasteiger partial charge in [-0.25, -0.2) is 4.39 Å². The Balaban J connectivity index is 3.39. The van der Waals surface area contributed by atoms with Crippen molar-refractivity contribution in [3.8, 4) is 11.8 Å². The van der Waals surface area contributed by atoms with Gasteiger partial charge in [0.2, 0.25) is 0 Å². The van der Waals surface area contributed by atoms with Crippen molar-refractivity contribution in [2.24, 2.45) is 5.73 Å². The Kier molecular flexibility index (Phi) is 3.40. The van der Waals surface area contributed by atoms with Crippen LogP contribution in [0.1, 0.15) is 11.1 Å². The summed E-state index contributed by atoms with van der Waals surface area (Å²) in [5, 5.41) is 0. The zero-order chi connectivity index (χ0) is 12.3. The van der Waals surface area contributed by atoms with Gasteiger partial charge >= 0.3 is 6.18 Å². The Morgan fingerprint density at radius 1 is 1.25 bits per heavy atom. The lowest BCUT2D eigenvalue weighted by Crippen LogP contribution is -2.10. The maximum absolute atomic E-state index is 13.0. The molecule has 0 bridgehead atoms. The largest absolute Gasteiger partial charge is 0.417 e. The maximum atomic E-state index is 13.0. The van der Waals surface area contributed by atoms with Crippen molar-refractivity contribution in [2.75, 3.05) is 12.3 Å². The fourth-order valence-electron chi connectivity index (χ4n) is 1.07. The third-order valence-electron chi connectivity index (χ3n) is 1.77. The van der Waals surface area contributed by atoms with Crippen LogP contribution in [0.4, 0.5) is 23.2 Å². The van der Waals surface area contributed by atoms with Crippen molar-refractivity contribution in [1.29, 1.82) is 0 Å².